The van der Waals surface area contributed by atoms with Crippen molar-refractivity contribution in [2.24, 2.45) is 0 Å². The van der Waals surface area contributed by atoms with E-state index in [1.807, 2.05) is 0 Å². The Balaban J connectivity index is 1.70. The number of H-pyrrole nitrogens is 1. The van der Waals surface area contributed by atoms with Crippen LogP contribution in [0.5, 0.6) is 0 Å². The van der Waals surface area contributed by atoms with Gasteiger partial charge in [-0.05, 0) is 36.2 Å². The molecule has 0 atom stereocenters. The van der Waals surface area contributed by atoms with E-state index in [2.05, 4.69) is 4.98 Å². The molecule has 1 aliphatic heterocycles. The van der Waals surface area contributed by atoms with Gasteiger partial charge >= 0.3 is 0 Å². The highest BCUT2D eigenvalue weighted by Gasteiger charge is 2.28. The first-order valence-corrected chi connectivity index (χ1v) is 7.46. The van der Waals surface area contributed by atoms with Gasteiger partial charge in [-0.1, -0.05) is 18.2 Å². The van der Waals surface area contributed by atoms with Crippen molar-refractivity contribution < 1.29 is 13.6 Å². The molecule has 1 N–H and O–H groups in total. The minimum Gasteiger partial charge on any atom is -0.350 e. The van der Waals surface area contributed by atoms with Crippen LogP contribution in [0.4, 0.5) is 8.78 Å². The Kier molecular flexibility index (Phi) is 3.15. The van der Waals surface area contributed by atoms with Crippen LogP contribution in [0.1, 0.15) is 21.6 Å². The number of benzene rings is 2. The zero-order valence-corrected chi connectivity index (χ0v) is 12.3. The van der Waals surface area contributed by atoms with Gasteiger partial charge in [0.05, 0.1) is 0 Å². The predicted octanol–water partition coefficient (Wildman–Crippen LogP) is 3.64. The molecular formula is C18H14F2N2O. The molecule has 5 heteroatoms. The number of carbonyl (C=O) groups is 1. The predicted molar refractivity (Wildman–Crippen MR) is 83.1 cm³/mol. The summed E-state index contributed by atoms with van der Waals surface area (Å²) in [6, 6.07) is 10.9. The molecule has 2 aromatic carbocycles. The van der Waals surface area contributed by atoms with Crippen LogP contribution in [0.15, 0.2) is 42.5 Å². The molecule has 0 unspecified atom stereocenters. The highest BCUT2D eigenvalue weighted by Crippen LogP contribution is 2.29. The maximum Gasteiger partial charge on any atom is 0.270 e. The Morgan fingerprint density at radius 3 is 2.78 bits per heavy atom. The van der Waals surface area contributed by atoms with E-state index in [1.165, 1.54) is 18.2 Å². The van der Waals surface area contributed by atoms with Crippen molar-refractivity contribution in [3.63, 3.8) is 0 Å². The van der Waals surface area contributed by atoms with Gasteiger partial charge in [-0.15, -0.1) is 0 Å². The third kappa shape index (κ3) is 2.29. The molecule has 1 aliphatic rings. The molecule has 3 nitrogen and oxygen atoms in total. The molecule has 0 saturated heterocycles. The molecule has 0 radical (unpaired) electrons. The summed E-state index contributed by atoms with van der Waals surface area (Å²) in [5.74, 6) is -0.809. The van der Waals surface area contributed by atoms with Crippen molar-refractivity contribution in [2.75, 3.05) is 6.54 Å². The van der Waals surface area contributed by atoms with E-state index in [0.29, 0.717) is 24.2 Å². The zero-order valence-electron chi connectivity index (χ0n) is 12.3. The lowest BCUT2D eigenvalue weighted by atomic mass is 10.0. The lowest BCUT2D eigenvalue weighted by Crippen LogP contribution is -2.37. The summed E-state index contributed by atoms with van der Waals surface area (Å²) < 4.78 is 27.2. The molecule has 116 valence electrons. The minimum atomic E-state index is -0.319. The van der Waals surface area contributed by atoms with Gasteiger partial charge < -0.3 is 9.88 Å². The second kappa shape index (κ2) is 5.19. The summed E-state index contributed by atoms with van der Waals surface area (Å²) in [7, 11) is 0. The van der Waals surface area contributed by atoms with E-state index in [4.69, 9.17) is 0 Å². The van der Waals surface area contributed by atoms with E-state index >= 15 is 0 Å². The maximum atomic E-state index is 13.8. The van der Waals surface area contributed by atoms with Crippen LogP contribution in [0.25, 0.3) is 10.9 Å². The summed E-state index contributed by atoms with van der Waals surface area (Å²) in [4.78, 5) is 17.4. The van der Waals surface area contributed by atoms with E-state index < -0.39 is 0 Å². The molecule has 23 heavy (non-hydrogen) atoms. The number of aromatic nitrogens is 1. The number of aromatic amines is 1. The molecule has 1 aromatic heterocycles. The quantitative estimate of drug-likeness (QED) is 0.770. The number of nitrogens with zero attached hydrogens (tertiary/aromatic N) is 1. The summed E-state index contributed by atoms with van der Waals surface area (Å²) in [5, 5.41) is 0.749. The first kappa shape index (κ1) is 13.9. The summed E-state index contributed by atoms with van der Waals surface area (Å²) >= 11 is 0. The van der Waals surface area contributed by atoms with Crippen molar-refractivity contribution >= 4 is 16.8 Å². The van der Waals surface area contributed by atoms with Crippen LogP contribution in [-0.4, -0.2) is 22.3 Å². The van der Waals surface area contributed by atoms with Crippen molar-refractivity contribution in [1.29, 1.82) is 0 Å². The van der Waals surface area contributed by atoms with Crippen LogP contribution in [0.2, 0.25) is 0 Å². The third-order valence-corrected chi connectivity index (χ3v) is 4.32. The number of hydrogen-bond donors (Lipinski definition) is 1. The number of halogens is 2. The molecule has 0 fully saturated rings. The fraction of sp³-hybridized carbons (Fsp3) is 0.167. The summed E-state index contributed by atoms with van der Waals surface area (Å²) in [5.41, 5.74) is 2.56. The Hall–Kier alpha value is -2.69. The average Bonchev–Trinajstić information content (AvgIpc) is 2.91. The normalized spacial score (nSPS) is 14.3. The lowest BCUT2D eigenvalue weighted by molar-refractivity contribution is 0.0720. The number of fused-ring (bicyclic) bond motifs is 3. The van der Waals surface area contributed by atoms with Gasteiger partial charge in [-0.25, -0.2) is 8.78 Å². The lowest BCUT2D eigenvalue weighted by Gasteiger charge is -2.27. The first-order valence-electron chi connectivity index (χ1n) is 7.46. The highest BCUT2D eigenvalue weighted by molar-refractivity contribution is 6.02. The SMILES string of the molecule is O=C1c2[nH]c3ccc(F)cc3c2CCN1Cc1ccccc1F. The number of carbonyl (C=O) groups excluding carboxylic acids is 1. The van der Waals surface area contributed by atoms with Gasteiger partial charge in [0, 0.05) is 29.6 Å². The number of amides is 1. The van der Waals surface area contributed by atoms with Crippen molar-refractivity contribution in [3.8, 4) is 0 Å². The number of rotatable bonds is 2. The fourth-order valence-electron chi connectivity index (χ4n) is 3.15. The van der Waals surface area contributed by atoms with Crippen LogP contribution < -0.4 is 0 Å². The fourth-order valence-corrected chi connectivity index (χ4v) is 3.15. The molecule has 1 amide bonds. The number of hydrogen-bond acceptors (Lipinski definition) is 1. The average molecular weight is 312 g/mol. The van der Waals surface area contributed by atoms with Gasteiger partial charge in [0.1, 0.15) is 17.3 Å². The van der Waals surface area contributed by atoms with Gasteiger partial charge in [-0.3, -0.25) is 4.79 Å². The van der Waals surface area contributed by atoms with E-state index in [1.54, 1.807) is 29.2 Å². The molecular weight excluding hydrogens is 298 g/mol. The molecule has 0 bridgehead atoms. The van der Waals surface area contributed by atoms with Crippen molar-refractivity contribution in [2.45, 2.75) is 13.0 Å². The molecule has 0 saturated carbocycles. The highest BCUT2D eigenvalue weighted by atomic mass is 19.1. The zero-order chi connectivity index (χ0) is 16.0. The Labute approximate surface area is 131 Å². The monoisotopic (exact) mass is 312 g/mol. The van der Waals surface area contributed by atoms with Crippen LogP contribution >= 0.6 is 0 Å². The van der Waals surface area contributed by atoms with Crippen LogP contribution in [-0.2, 0) is 13.0 Å². The van der Waals surface area contributed by atoms with E-state index in [0.717, 1.165) is 16.5 Å². The van der Waals surface area contributed by atoms with Crippen LogP contribution in [0.3, 0.4) is 0 Å². The van der Waals surface area contributed by atoms with Gasteiger partial charge in [0.15, 0.2) is 0 Å². The van der Waals surface area contributed by atoms with Gasteiger partial charge in [0.2, 0.25) is 0 Å². The second-order valence-electron chi connectivity index (χ2n) is 5.74. The Morgan fingerprint density at radius 2 is 1.96 bits per heavy atom. The number of nitrogens with one attached hydrogen (secondary N) is 1. The molecule has 4 rings (SSSR count). The summed E-state index contributed by atoms with van der Waals surface area (Å²) in [6.07, 6.45) is 0.624. The van der Waals surface area contributed by atoms with Crippen LogP contribution in [0, 0.1) is 11.6 Å². The maximum absolute atomic E-state index is 13.8. The topological polar surface area (TPSA) is 36.1 Å². The largest absolute Gasteiger partial charge is 0.350 e. The third-order valence-electron chi connectivity index (χ3n) is 4.32. The smallest absolute Gasteiger partial charge is 0.270 e. The van der Waals surface area contributed by atoms with Gasteiger partial charge in [0.25, 0.3) is 5.91 Å². The first-order chi connectivity index (χ1) is 11.1. The standard InChI is InChI=1S/C18H14F2N2O/c19-12-5-6-16-14(9-12)13-7-8-22(18(23)17(13)21-16)10-11-3-1-2-4-15(11)20/h1-6,9,21H,7-8,10H2. The molecule has 0 spiro atoms. The van der Waals surface area contributed by atoms with Crippen molar-refractivity contribution in [3.05, 3.63) is 70.9 Å². The molecule has 0 aliphatic carbocycles. The van der Waals surface area contributed by atoms with E-state index in [9.17, 15) is 13.6 Å². The Bertz CT molecular complexity index is 917. The second-order valence-corrected chi connectivity index (χ2v) is 5.74. The molecule has 2 heterocycles. The molecule has 3 aromatic rings. The summed E-state index contributed by atoms with van der Waals surface area (Å²) in [6.45, 7) is 0.721. The van der Waals surface area contributed by atoms with Gasteiger partial charge in [-0.2, -0.15) is 0 Å². The Morgan fingerprint density at radius 1 is 1.13 bits per heavy atom. The van der Waals surface area contributed by atoms with Crippen molar-refractivity contribution in [1.82, 2.24) is 9.88 Å². The minimum absolute atomic E-state index is 0.175. The van der Waals surface area contributed by atoms with E-state index in [-0.39, 0.29) is 24.1 Å².